The summed E-state index contributed by atoms with van der Waals surface area (Å²) in [6, 6.07) is 4.71. The fourth-order valence-electron chi connectivity index (χ4n) is 4.34. The Hall–Kier alpha value is -2.94. The molecule has 5 heterocycles. The summed E-state index contributed by atoms with van der Waals surface area (Å²) >= 11 is 0. The van der Waals surface area contributed by atoms with E-state index >= 15 is 0 Å². The molecule has 2 fully saturated rings. The molecule has 0 amide bonds. The monoisotopic (exact) mass is 365 g/mol. The third-order valence-corrected chi connectivity index (χ3v) is 5.63. The van der Waals surface area contributed by atoms with Crippen LogP contribution in [0.15, 0.2) is 47.4 Å². The smallest absolute Gasteiger partial charge is 0.164 e. The highest BCUT2D eigenvalue weighted by Crippen LogP contribution is 2.37. The predicted molar refractivity (Wildman–Crippen MR) is 101 cm³/mol. The van der Waals surface area contributed by atoms with Gasteiger partial charge in [0, 0.05) is 44.3 Å². The molecule has 3 aliphatic heterocycles. The molecule has 2 saturated heterocycles. The van der Waals surface area contributed by atoms with Crippen molar-refractivity contribution in [3.8, 4) is 5.69 Å². The first kappa shape index (κ1) is 16.2. The number of pyridine rings is 1. The second-order valence-electron chi connectivity index (χ2n) is 7.15. The highest BCUT2D eigenvalue weighted by Gasteiger charge is 2.40. The summed E-state index contributed by atoms with van der Waals surface area (Å²) in [5.41, 5.74) is 8.09. The lowest BCUT2D eigenvalue weighted by molar-refractivity contribution is 0.0913. The molecule has 0 unspecified atom stereocenters. The first-order chi connectivity index (χ1) is 13.3. The quantitative estimate of drug-likeness (QED) is 0.804. The highest BCUT2D eigenvalue weighted by molar-refractivity contribution is 5.63. The van der Waals surface area contributed by atoms with E-state index in [9.17, 15) is 0 Å². The molecule has 0 saturated carbocycles. The van der Waals surface area contributed by atoms with Crippen molar-refractivity contribution >= 4 is 6.21 Å². The maximum Gasteiger partial charge on any atom is 0.164 e. The zero-order chi connectivity index (χ0) is 18.2. The second-order valence-corrected chi connectivity index (χ2v) is 7.15. The topological polar surface area (TPSA) is 100 Å². The van der Waals surface area contributed by atoms with Gasteiger partial charge in [-0.3, -0.25) is 9.88 Å². The van der Waals surface area contributed by atoms with Crippen LogP contribution < -0.4 is 11.1 Å². The molecular weight excluding hydrogens is 342 g/mol. The number of fused-ring (bicyclic) bond motifs is 1. The summed E-state index contributed by atoms with van der Waals surface area (Å²) in [5, 5.41) is 12.1. The van der Waals surface area contributed by atoms with Crippen LogP contribution in [0.1, 0.15) is 24.6 Å². The molecule has 27 heavy (non-hydrogen) atoms. The summed E-state index contributed by atoms with van der Waals surface area (Å²) in [4.78, 5) is 13.2. The number of aliphatic imine (C=N–C) groups is 1. The van der Waals surface area contributed by atoms with Gasteiger partial charge >= 0.3 is 0 Å². The summed E-state index contributed by atoms with van der Waals surface area (Å²) in [6.07, 6.45) is 9.66. The van der Waals surface area contributed by atoms with Crippen LogP contribution in [0, 0.1) is 0 Å². The zero-order valence-corrected chi connectivity index (χ0v) is 15.1. The van der Waals surface area contributed by atoms with E-state index in [2.05, 4.69) is 35.4 Å². The molecule has 5 rings (SSSR count). The summed E-state index contributed by atoms with van der Waals surface area (Å²) < 4.78 is 1.83. The molecular formula is C18H23N9. The Bertz CT molecular complexity index is 872. The molecule has 2 aromatic rings. The van der Waals surface area contributed by atoms with E-state index in [1.807, 2.05) is 29.2 Å². The fraction of sp³-hybridized carbons (Fsp3) is 0.444. The Kier molecular flexibility index (Phi) is 4.01. The van der Waals surface area contributed by atoms with E-state index in [1.54, 1.807) is 12.4 Å². The van der Waals surface area contributed by atoms with E-state index in [0.29, 0.717) is 17.9 Å². The van der Waals surface area contributed by atoms with Gasteiger partial charge in [0.05, 0.1) is 24.5 Å². The van der Waals surface area contributed by atoms with Crippen molar-refractivity contribution in [2.75, 3.05) is 26.2 Å². The first-order valence-electron chi connectivity index (χ1n) is 9.39. The molecule has 9 heteroatoms. The number of aromatic nitrogens is 4. The summed E-state index contributed by atoms with van der Waals surface area (Å²) in [7, 11) is 0. The van der Waals surface area contributed by atoms with Crippen molar-refractivity contribution < 1.29 is 0 Å². The number of rotatable bonds is 3. The normalized spacial score (nSPS) is 25.6. The van der Waals surface area contributed by atoms with Crippen molar-refractivity contribution in [1.29, 1.82) is 0 Å². The SMILES string of the molecule is NC1=C(N2CCN3[C@@H](CC[C@@H]3c3cn(-c4ccncc4)nn3)C2)NCC=N1. The van der Waals surface area contributed by atoms with Crippen molar-refractivity contribution in [3.63, 3.8) is 0 Å². The van der Waals surface area contributed by atoms with Gasteiger partial charge in [0.15, 0.2) is 5.82 Å². The Labute approximate surface area is 157 Å². The number of nitrogens with one attached hydrogen (secondary N) is 1. The van der Waals surface area contributed by atoms with E-state index in [1.165, 1.54) is 0 Å². The average Bonchev–Trinajstić information content (AvgIpc) is 3.35. The number of hydrogen-bond donors (Lipinski definition) is 2. The van der Waals surface area contributed by atoms with Crippen LogP contribution >= 0.6 is 0 Å². The average molecular weight is 365 g/mol. The van der Waals surface area contributed by atoms with Crippen molar-refractivity contribution in [2.24, 2.45) is 10.7 Å². The van der Waals surface area contributed by atoms with Gasteiger partial charge in [0.25, 0.3) is 0 Å². The molecule has 2 aromatic heterocycles. The number of nitrogens with two attached hydrogens (primary N) is 1. The van der Waals surface area contributed by atoms with Crippen molar-refractivity contribution in [1.82, 2.24) is 35.1 Å². The summed E-state index contributed by atoms with van der Waals surface area (Å²) in [6.45, 7) is 3.62. The van der Waals surface area contributed by atoms with Crippen molar-refractivity contribution in [2.45, 2.75) is 24.9 Å². The van der Waals surface area contributed by atoms with Crippen LogP contribution in [-0.2, 0) is 0 Å². The van der Waals surface area contributed by atoms with Gasteiger partial charge < -0.3 is 16.0 Å². The minimum atomic E-state index is 0.330. The molecule has 9 nitrogen and oxygen atoms in total. The third kappa shape index (κ3) is 2.93. The van der Waals surface area contributed by atoms with Crippen LogP contribution in [0.2, 0.25) is 0 Å². The number of hydrogen-bond acceptors (Lipinski definition) is 8. The lowest BCUT2D eigenvalue weighted by Crippen LogP contribution is -2.53. The second kappa shape index (κ2) is 6.66. The van der Waals surface area contributed by atoms with Gasteiger partial charge in [-0.15, -0.1) is 5.10 Å². The van der Waals surface area contributed by atoms with Crippen LogP contribution in [0.5, 0.6) is 0 Å². The summed E-state index contributed by atoms with van der Waals surface area (Å²) in [5.74, 6) is 1.56. The van der Waals surface area contributed by atoms with Gasteiger partial charge in [0.1, 0.15) is 11.5 Å². The molecule has 0 spiro atoms. The Morgan fingerprint density at radius 1 is 1.15 bits per heavy atom. The lowest BCUT2D eigenvalue weighted by atomic mass is 10.1. The minimum Gasteiger partial charge on any atom is -0.381 e. The molecule has 3 N–H and O–H groups in total. The van der Waals surface area contributed by atoms with E-state index in [0.717, 1.165) is 56.2 Å². The van der Waals surface area contributed by atoms with Crippen LogP contribution in [0.3, 0.4) is 0 Å². The van der Waals surface area contributed by atoms with E-state index < -0.39 is 0 Å². The third-order valence-electron chi connectivity index (χ3n) is 5.63. The van der Waals surface area contributed by atoms with Crippen LogP contribution in [0.25, 0.3) is 5.69 Å². The molecule has 2 atom stereocenters. The van der Waals surface area contributed by atoms with Crippen LogP contribution in [0.4, 0.5) is 0 Å². The standard InChI is InChI=1S/C18H23N9/c19-17-18(22-8-7-21-17)25-9-10-26-14(11-25)1-2-16(26)15-12-27(24-23-15)13-3-5-20-6-4-13/h3-7,12,14,16,22H,1-2,8-11,19H2/t14-,16+/m0/s1. The van der Waals surface area contributed by atoms with Gasteiger partial charge in [-0.1, -0.05) is 5.21 Å². The van der Waals surface area contributed by atoms with E-state index in [4.69, 9.17) is 5.73 Å². The maximum atomic E-state index is 6.06. The fourth-order valence-corrected chi connectivity index (χ4v) is 4.34. The zero-order valence-electron chi connectivity index (χ0n) is 15.1. The van der Waals surface area contributed by atoms with Crippen LogP contribution in [-0.4, -0.2) is 68.2 Å². The van der Waals surface area contributed by atoms with E-state index in [-0.39, 0.29) is 0 Å². The number of piperazine rings is 1. The maximum absolute atomic E-state index is 6.06. The first-order valence-corrected chi connectivity index (χ1v) is 9.39. The molecule has 0 bridgehead atoms. The largest absolute Gasteiger partial charge is 0.381 e. The van der Waals surface area contributed by atoms with Gasteiger partial charge in [0.2, 0.25) is 0 Å². The van der Waals surface area contributed by atoms with Gasteiger partial charge in [-0.2, -0.15) is 0 Å². The number of nitrogens with zero attached hydrogens (tertiary/aromatic N) is 7. The Morgan fingerprint density at radius 2 is 2.04 bits per heavy atom. The Morgan fingerprint density at radius 3 is 2.89 bits per heavy atom. The lowest BCUT2D eigenvalue weighted by Gasteiger charge is -2.42. The molecule has 0 aromatic carbocycles. The molecule has 140 valence electrons. The molecule has 0 radical (unpaired) electrons. The molecule has 3 aliphatic rings. The highest BCUT2D eigenvalue weighted by atomic mass is 15.4. The predicted octanol–water partition coefficient (Wildman–Crippen LogP) is 0.243. The Balaban J connectivity index is 1.31. The van der Waals surface area contributed by atoms with Gasteiger partial charge in [-0.05, 0) is 25.0 Å². The van der Waals surface area contributed by atoms with Crippen molar-refractivity contribution in [3.05, 3.63) is 48.1 Å². The molecule has 0 aliphatic carbocycles. The van der Waals surface area contributed by atoms with Gasteiger partial charge in [-0.25, -0.2) is 9.67 Å². The minimum absolute atomic E-state index is 0.330.